The summed E-state index contributed by atoms with van der Waals surface area (Å²) in [5.74, 6) is 1.43. The number of carbonyl (C=O) groups is 1. The van der Waals surface area contributed by atoms with Crippen molar-refractivity contribution in [2.75, 3.05) is 40.4 Å². The maximum absolute atomic E-state index is 11.8. The van der Waals surface area contributed by atoms with Gasteiger partial charge in [-0.05, 0) is 25.0 Å². The van der Waals surface area contributed by atoms with Crippen LogP contribution in [0.1, 0.15) is 17.5 Å². The summed E-state index contributed by atoms with van der Waals surface area (Å²) in [6.45, 7) is 5.92. The normalized spacial score (nSPS) is 25.9. The molecule has 2 aliphatic rings. The van der Waals surface area contributed by atoms with Gasteiger partial charge in [0.25, 0.3) is 0 Å². The standard InChI is InChI=1S/C18H26N2O3/c1-13-4-5-14(17(8-13)22-3)10-20-7-6-16-15(11-20)9-19(2)18(21)12-23-16/h4-5,8,15-16H,6-7,9-12H2,1-3H3/t15-,16-/m0/s1. The number of methoxy groups -OCH3 is 1. The second kappa shape index (κ2) is 6.89. The van der Waals surface area contributed by atoms with Gasteiger partial charge in [0.1, 0.15) is 12.4 Å². The summed E-state index contributed by atoms with van der Waals surface area (Å²) in [6, 6.07) is 6.37. The third-order valence-electron chi connectivity index (χ3n) is 4.94. The molecule has 0 saturated carbocycles. The topological polar surface area (TPSA) is 42.0 Å². The van der Waals surface area contributed by atoms with E-state index < -0.39 is 0 Å². The molecule has 2 saturated heterocycles. The Balaban J connectivity index is 1.68. The van der Waals surface area contributed by atoms with Gasteiger partial charge in [-0.25, -0.2) is 0 Å². The van der Waals surface area contributed by atoms with Crippen LogP contribution < -0.4 is 4.74 Å². The van der Waals surface area contributed by atoms with Crippen LogP contribution in [0.4, 0.5) is 0 Å². The zero-order valence-corrected chi connectivity index (χ0v) is 14.2. The summed E-state index contributed by atoms with van der Waals surface area (Å²) < 4.78 is 11.3. The smallest absolute Gasteiger partial charge is 0.248 e. The van der Waals surface area contributed by atoms with Gasteiger partial charge in [0, 0.05) is 44.7 Å². The average Bonchev–Trinajstić information content (AvgIpc) is 2.68. The lowest BCUT2D eigenvalue weighted by Crippen LogP contribution is -2.46. The lowest BCUT2D eigenvalue weighted by Gasteiger charge is -2.37. The number of rotatable bonds is 3. The van der Waals surface area contributed by atoms with E-state index in [1.54, 1.807) is 12.0 Å². The second-order valence-corrected chi connectivity index (χ2v) is 6.72. The summed E-state index contributed by atoms with van der Waals surface area (Å²) in [6.07, 6.45) is 1.19. The van der Waals surface area contributed by atoms with Crippen molar-refractivity contribution in [2.45, 2.75) is 26.0 Å². The summed E-state index contributed by atoms with van der Waals surface area (Å²) in [5.41, 5.74) is 2.43. The number of hydrogen-bond acceptors (Lipinski definition) is 4. The van der Waals surface area contributed by atoms with Crippen molar-refractivity contribution >= 4 is 5.91 Å². The highest BCUT2D eigenvalue weighted by atomic mass is 16.5. The maximum Gasteiger partial charge on any atom is 0.248 e. The molecule has 3 rings (SSSR count). The van der Waals surface area contributed by atoms with Gasteiger partial charge in [-0.3, -0.25) is 9.69 Å². The van der Waals surface area contributed by atoms with Crippen LogP contribution in [-0.2, 0) is 16.1 Å². The van der Waals surface area contributed by atoms with Crippen molar-refractivity contribution in [1.82, 2.24) is 9.80 Å². The van der Waals surface area contributed by atoms with Crippen LogP contribution >= 0.6 is 0 Å². The molecular formula is C18H26N2O3. The number of likely N-dealkylation sites (tertiary alicyclic amines) is 1. The van der Waals surface area contributed by atoms with Gasteiger partial charge in [0.15, 0.2) is 0 Å². The summed E-state index contributed by atoms with van der Waals surface area (Å²) in [7, 11) is 3.60. The molecule has 5 nitrogen and oxygen atoms in total. The number of aryl methyl sites for hydroxylation is 1. The second-order valence-electron chi connectivity index (χ2n) is 6.72. The number of carbonyl (C=O) groups excluding carboxylic acids is 1. The first-order valence-corrected chi connectivity index (χ1v) is 8.28. The predicted molar refractivity (Wildman–Crippen MR) is 88.5 cm³/mol. The van der Waals surface area contributed by atoms with Crippen LogP contribution in [0.25, 0.3) is 0 Å². The molecule has 2 aliphatic heterocycles. The van der Waals surface area contributed by atoms with E-state index in [1.165, 1.54) is 11.1 Å². The highest BCUT2D eigenvalue weighted by molar-refractivity contribution is 5.77. The minimum atomic E-state index is 0.0890. The number of hydrogen-bond donors (Lipinski definition) is 0. The summed E-state index contributed by atoms with van der Waals surface area (Å²) >= 11 is 0. The van der Waals surface area contributed by atoms with Crippen molar-refractivity contribution in [3.63, 3.8) is 0 Å². The largest absolute Gasteiger partial charge is 0.496 e. The van der Waals surface area contributed by atoms with E-state index >= 15 is 0 Å². The third-order valence-corrected chi connectivity index (χ3v) is 4.94. The molecule has 2 fully saturated rings. The Morgan fingerprint density at radius 3 is 2.96 bits per heavy atom. The number of benzene rings is 1. The lowest BCUT2D eigenvalue weighted by atomic mass is 9.93. The van der Waals surface area contributed by atoms with E-state index in [4.69, 9.17) is 9.47 Å². The number of nitrogens with zero attached hydrogens (tertiary/aromatic N) is 2. The van der Waals surface area contributed by atoms with Crippen molar-refractivity contribution in [1.29, 1.82) is 0 Å². The zero-order chi connectivity index (χ0) is 16.4. The number of ether oxygens (including phenoxy) is 2. The molecule has 0 unspecified atom stereocenters. The monoisotopic (exact) mass is 318 g/mol. The number of piperidine rings is 1. The van der Waals surface area contributed by atoms with Gasteiger partial charge in [0.05, 0.1) is 13.2 Å². The molecule has 126 valence electrons. The Labute approximate surface area is 138 Å². The highest BCUT2D eigenvalue weighted by Crippen LogP contribution is 2.27. The molecule has 1 aromatic carbocycles. The highest BCUT2D eigenvalue weighted by Gasteiger charge is 2.34. The first-order valence-electron chi connectivity index (χ1n) is 8.28. The quantitative estimate of drug-likeness (QED) is 0.850. The van der Waals surface area contributed by atoms with Crippen molar-refractivity contribution in [3.05, 3.63) is 29.3 Å². The molecule has 2 atom stereocenters. The van der Waals surface area contributed by atoms with Gasteiger partial charge in [0.2, 0.25) is 5.91 Å². The van der Waals surface area contributed by atoms with E-state index in [2.05, 4.69) is 30.0 Å². The van der Waals surface area contributed by atoms with Gasteiger partial charge in [-0.1, -0.05) is 12.1 Å². The Morgan fingerprint density at radius 1 is 1.35 bits per heavy atom. The first kappa shape index (κ1) is 16.3. The third kappa shape index (κ3) is 3.67. The maximum atomic E-state index is 11.8. The Kier molecular flexibility index (Phi) is 4.87. The number of fused-ring (bicyclic) bond motifs is 1. The van der Waals surface area contributed by atoms with E-state index in [9.17, 15) is 4.79 Å². The molecule has 0 radical (unpaired) electrons. The van der Waals surface area contributed by atoms with E-state index in [0.29, 0.717) is 5.92 Å². The van der Waals surface area contributed by atoms with Crippen LogP contribution in [0, 0.1) is 12.8 Å². The first-order chi connectivity index (χ1) is 11.1. The Morgan fingerprint density at radius 2 is 2.17 bits per heavy atom. The van der Waals surface area contributed by atoms with Crippen LogP contribution in [0.5, 0.6) is 5.75 Å². The minimum Gasteiger partial charge on any atom is -0.496 e. The minimum absolute atomic E-state index is 0.0890. The van der Waals surface area contributed by atoms with Gasteiger partial charge >= 0.3 is 0 Å². The van der Waals surface area contributed by atoms with E-state index in [0.717, 1.165) is 38.3 Å². The predicted octanol–water partition coefficient (Wildman–Crippen LogP) is 1.68. The van der Waals surface area contributed by atoms with Crippen molar-refractivity contribution < 1.29 is 14.3 Å². The Bertz CT molecular complexity index is 575. The molecular weight excluding hydrogens is 292 g/mol. The fraction of sp³-hybridized carbons (Fsp3) is 0.611. The molecule has 0 aliphatic carbocycles. The van der Waals surface area contributed by atoms with Gasteiger partial charge in [-0.15, -0.1) is 0 Å². The van der Waals surface area contributed by atoms with Crippen LogP contribution in [0.2, 0.25) is 0 Å². The summed E-state index contributed by atoms with van der Waals surface area (Å²) in [4.78, 5) is 16.1. The van der Waals surface area contributed by atoms with Crippen molar-refractivity contribution in [3.8, 4) is 5.75 Å². The molecule has 23 heavy (non-hydrogen) atoms. The number of likely N-dealkylation sites (N-methyl/N-ethyl adjacent to an activating group) is 1. The molecule has 1 aromatic rings. The molecule has 0 aromatic heterocycles. The molecule has 5 heteroatoms. The fourth-order valence-corrected chi connectivity index (χ4v) is 3.59. The van der Waals surface area contributed by atoms with E-state index in [1.807, 2.05) is 7.05 Å². The molecule has 0 N–H and O–H groups in total. The van der Waals surface area contributed by atoms with Crippen LogP contribution in [0.3, 0.4) is 0 Å². The molecule has 2 heterocycles. The van der Waals surface area contributed by atoms with Gasteiger partial charge in [-0.2, -0.15) is 0 Å². The molecule has 1 amide bonds. The van der Waals surface area contributed by atoms with Crippen LogP contribution in [0.15, 0.2) is 18.2 Å². The van der Waals surface area contributed by atoms with Gasteiger partial charge < -0.3 is 14.4 Å². The lowest BCUT2D eigenvalue weighted by molar-refractivity contribution is -0.133. The Hall–Kier alpha value is -1.59. The van der Waals surface area contributed by atoms with Crippen molar-refractivity contribution in [2.24, 2.45) is 5.92 Å². The fourth-order valence-electron chi connectivity index (χ4n) is 3.59. The molecule has 0 bridgehead atoms. The SMILES string of the molecule is COc1cc(C)ccc1CN1CC[C@@H]2OCC(=O)N(C)C[C@H]2C1. The van der Waals surface area contributed by atoms with Crippen LogP contribution in [-0.4, -0.2) is 62.2 Å². The zero-order valence-electron chi connectivity index (χ0n) is 14.2. The average molecular weight is 318 g/mol. The molecule has 0 spiro atoms. The summed E-state index contributed by atoms with van der Waals surface area (Å²) in [5, 5.41) is 0. The number of amides is 1. The van der Waals surface area contributed by atoms with E-state index in [-0.39, 0.29) is 18.6 Å².